The summed E-state index contributed by atoms with van der Waals surface area (Å²) in [5.74, 6) is 0.245. The molecule has 0 radical (unpaired) electrons. The van der Waals surface area contributed by atoms with Crippen molar-refractivity contribution in [2.24, 2.45) is 0 Å². The van der Waals surface area contributed by atoms with Gasteiger partial charge in [0.15, 0.2) is 5.75 Å². The number of benzene rings is 1. The van der Waals surface area contributed by atoms with E-state index in [0.29, 0.717) is 13.1 Å². The van der Waals surface area contributed by atoms with E-state index in [0.717, 1.165) is 11.3 Å². The van der Waals surface area contributed by atoms with Gasteiger partial charge < -0.3 is 10.1 Å². The van der Waals surface area contributed by atoms with E-state index in [1.54, 1.807) is 18.3 Å². The van der Waals surface area contributed by atoms with Gasteiger partial charge in [0.2, 0.25) is 0 Å². The quantitative estimate of drug-likeness (QED) is 0.646. The van der Waals surface area contributed by atoms with Crippen LogP contribution >= 0.6 is 0 Å². The van der Waals surface area contributed by atoms with Crippen LogP contribution in [0.2, 0.25) is 0 Å². The summed E-state index contributed by atoms with van der Waals surface area (Å²) in [5.41, 5.74) is 1.85. The standard InChI is InChI=1S/C13H16N4O3/c1-10-8-15-16(9-10)6-5-14-11-3-4-12(17(18)19)13(7-11)20-2/h3-4,7-9,14H,5-6H2,1-2H3. The van der Waals surface area contributed by atoms with Crippen molar-refractivity contribution < 1.29 is 9.66 Å². The van der Waals surface area contributed by atoms with Crippen molar-refractivity contribution in [3.63, 3.8) is 0 Å². The fourth-order valence-electron chi connectivity index (χ4n) is 1.84. The predicted octanol–water partition coefficient (Wildman–Crippen LogP) is 2.22. The molecule has 0 aliphatic rings. The molecule has 0 aliphatic carbocycles. The summed E-state index contributed by atoms with van der Waals surface area (Å²) in [7, 11) is 1.42. The van der Waals surface area contributed by atoms with Gasteiger partial charge in [0.25, 0.3) is 0 Å². The Morgan fingerprint density at radius 2 is 2.30 bits per heavy atom. The normalized spacial score (nSPS) is 10.3. The summed E-state index contributed by atoms with van der Waals surface area (Å²) >= 11 is 0. The van der Waals surface area contributed by atoms with Gasteiger partial charge in [-0.25, -0.2) is 0 Å². The number of ether oxygens (including phenoxy) is 1. The topological polar surface area (TPSA) is 82.2 Å². The summed E-state index contributed by atoms with van der Waals surface area (Å²) in [5, 5.41) is 18.1. The molecular weight excluding hydrogens is 260 g/mol. The lowest BCUT2D eigenvalue weighted by Crippen LogP contribution is -2.10. The van der Waals surface area contributed by atoms with Crippen LogP contribution in [0.4, 0.5) is 11.4 Å². The molecule has 20 heavy (non-hydrogen) atoms. The van der Waals surface area contributed by atoms with Crippen LogP contribution in [-0.4, -0.2) is 28.4 Å². The Labute approximate surface area is 116 Å². The molecular formula is C13H16N4O3. The maximum absolute atomic E-state index is 10.8. The van der Waals surface area contributed by atoms with Crippen LogP contribution < -0.4 is 10.1 Å². The number of nitro groups is 1. The summed E-state index contributed by atoms with van der Waals surface area (Å²) in [4.78, 5) is 10.3. The number of methoxy groups -OCH3 is 1. The van der Waals surface area contributed by atoms with Crippen LogP contribution in [0.5, 0.6) is 5.75 Å². The average Bonchev–Trinajstić information content (AvgIpc) is 2.84. The highest BCUT2D eigenvalue weighted by molar-refractivity contribution is 5.57. The molecule has 7 heteroatoms. The smallest absolute Gasteiger partial charge is 0.311 e. The van der Waals surface area contributed by atoms with Crippen molar-refractivity contribution in [1.29, 1.82) is 0 Å². The van der Waals surface area contributed by atoms with Gasteiger partial charge >= 0.3 is 5.69 Å². The highest BCUT2D eigenvalue weighted by Crippen LogP contribution is 2.29. The number of hydrogen-bond acceptors (Lipinski definition) is 5. The Kier molecular flexibility index (Phi) is 4.19. The number of anilines is 1. The van der Waals surface area contributed by atoms with Gasteiger partial charge in [0, 0.05) is 30.6 Å². The largest absolute Gasteiger partial charge is 0.490 e. The van der Waals surface area contributed by atoms with Gasteiger partial charge in [-0.05, 0) is 18.6 Å². The highest BCUT2D eigenvalue weighted by Gasteiger charge is 2.14. The van der Waals surface area contributed by atoms with Gasteiger partial charge in [-0.1, -0.05) is 0 Å². The maximum atomic E-state index is 10.8. The molecule has 0 aliphatic heterocycles. The van der Waals surface area contributed by atoms with Gasteiger partial charge in [-0.3, -0.25) is 14.8 Å². The highest BCUT2D eigenvalue weighted by atomic mass is 16.6. The molecule has 1 heterocycles. The molecule has 0 fully saturated rings. The van der Waals surface area contributed by atoms with E-state index >= 15 is 0 Å². The number of nitrogens with one attached hydrogen (secondary N) is 1. The van der Waals surface area contributed by atoms with Gasteiger partial charge in [0.1, 0.15) is 0 Å². The molecule has 2 rings (SSSR count). The lowest BCUT2D eigenvalue weighted by atomic mass is 10.2. The molecule has 0 unspecified atom stereocenters. The monoisotopic (exact) mass is 276 g/mol. The number of aromatic nitrogens is 2. The van der Waals surface area contributed by atoms with E-state index in [4.69, 9.17) is 4.74 Å². The molecule has 0 amide bonds. The number of nitro benzene ring substituents is 1. The van der Waals surface area contributed by atoms with E-state index in [1.165, 1.54) is 13.2 Å². The lowest BCUT2D eigenvalue weighted by Gasteiger charge is -2.08. The van der Waals surface area contributed by atoms with Crippen molar-refractivity contribution in [3.05, 3.63) is 46.3 Å². The molecule has 0 spiro atoms. The van der Waals surface area contributed by atoms with Crippen molar-refractivity contribution in [2.75, 3.05) is 19.0 Å². The van der Waals surface area contributed by atoms with Crippen LogP contribution in [0.1, 0.15) is 5.56 Å². The molecule has 0 atom stereocenters. The number of aryl methyl sites for hydroxylation is 1. The van der Waals surface area contributed by atoms with Crippen molar-refractivity contribution in [2.45, 2.75) is 13.5 Å². The molecule has 1 aromatic carbocycles. The SMILES string of the molecule is COc1cc(NCCn2cc(C)cn2)ccc1[N+](=O)[O-]. The van der Waals surface area contributed by atoms with E-state index in [-0.39, 0.29) is 11.4 Å². The predicted molar refractivity (Wildman–Crippen MR) is 75.1 cm³/mol. The Bertz CT molecular complexity index is 609. The third kappa shape index (κ3) is 3.25. The zero-order valence-electron chi connectivity index (χ0n) is 11.4. The molecule has 1 N–H and O–H groups in total. The average molecular weight is 276 g/mol. The Morgan fingerprint density at radius 1 is 1.50 bits per heavy atom. The second kappa shape index (κ2) is 6.05. The van der Waals surface area contributed by atoms with Crippen LogP contribution in [0.15, 0.2) is 30.6 Å². The molecule has 7 nitrogen and oxygen atoms in total. The van der Waals surface area contributed by atoms with Gasteiger partial charge in [0.05, 0.1) is 24.8 Å². The summed E-state index contributed by atoms with van der Waals surface area (Å²) in [6.45, 7) is 3.37. The van der Waals surface area contributed by atoms with E-state index in [1.807, 2.05) is 17.8 Å². The van der Waals surface area contributed by atoms with Gasteiger partial charge in [-0.2, -0.15) is 5.10 Å². The minimum atomic E-state index is -0.463. The Morgan fingerprint density at radius 3 is 2.90 bits per heavy atom. The third-order valence-electron chi connectivity index (χ3n) is 2.81. The first-order valence-corrected chi connectivity index (χ1v) is 6.15. The summed E-state index contributed by atoms with van der Waals surface area (Å²) in [6, 6.07) is 4.71. The zero-order valence-corrected chi connectivity index (χ0v) is 11.4. The molecule has 1 aromatic heterocycles. The van der Waals surface area contributed by atoms with E-state index in [9.17, 15) is 10.1 Å². The fourth-order valence-corrected chi connectivity index (χ4v) is 1.84. The molecule has 0 saturated carbocycles. The second-order valence-electron chi connectivity index (χ2n) is 4.35. The van der Waals surface area contributed by atoms with Crippen molar-refractivity contribution >= 4 is 11.4 Å². The number of hydrogen-bond donors (Lipinski definition) is 1. The lowest BCUT2D eigenvalue weighted by molar-refractivity contribution is -0.385. The first-order valence-electron chi connectivity index (χ1n) is 6.15. The number of nitrogens with zero attached hydrogens (tertiary/aromatic N) is 3. The molecule has 0 bridgehead atoms. The van der Waals surface area contributed by atoms with E-state index in [2.05, 4.69) is 10.4 Å². The first-order chi connectivity index (χ1) is 9.60. The van der Waals surface area contributed by atoms with Crippen LogP contribution in [-0.2, 0) is 6.54 Å². The minimum absolute atomic E-state index is 0.0410. The minimum Gasteiger partial charge on any atom is -0.490 e. The molecule has 2 aromatic rings. The Hall–Kier alpha value is -2.57. The molecule has 106 valence electrons. The second-order valence-corrected chi connectivity index (χ2v) is 4.35. The van der Waals surface area contributed by atoms with Crippen molar-refractivity contribution in [1.82, 2.24) is 9.78 Å². The van der Waals surface area contributed by atoms with Crippen LogP contribution in [0, 0.1) is 17.0 Å². The zero-order chi connectivity index (χ0) is 14.5. The summed E-state index contributed by atoms with van der Waals surface area (Å²) in [6.07, 6.45) is 3.76. The van der Waals surface area contributed by atoms with Crippen molar-refractivity contribution in [3.8, 4) is 5.75 Å². The third-order valence-corrected chi connectivity index (χ3v) is 2.81. The van der Waals surface area contributed by atoms with Crippen LogP contribution in [0.3, 0.4) is 0 Å². The maximum Gasteiger partial charge on any atom is 0.311 e. The van der Waals surface area contributed by atoms with E-state index < -0.39 is 4.92 Å². The van der Waals surface area contributed by atoms with Crippen LogP contribution in [0.25, 0.3) is 0 Å². The molecule has 0 saturated heterocycles. The summed E-state index contributed by atoms with van der Waals surface area (Å²) < 4.78 is 6.85. The fraction of sp³-hybridized carbons (Fsp3) is 0.308. The van der Waals surface area contributed by atoms with Gasteiger partial charge in [-0.15, -0.1) is 0 Å². The Balaban J connectivity index is 1.97. The number of rotatable bonds is 6. The first kappa shape index (κ1) is 13.9.